The number of rotatable bonds is 2. The summed E-state index contributed by atoms with van der Waals surface area (Å²) in [6, 6.07) is 0. The minimum Gasteiger partial charge on any atom is -0.477 e. The Bertz CT molecular complexity index is 332. The summed E-state index contributed by atoms with van der Waals surface area (Å²) in [5, 5.41) is 28.6. The quantitative estimate of drug-likeness (QED) is 0.540. The van der Waals surface area contributed by atoms with E-state index in [1.54, 1.807) is 0 Å². The van der Waals surface area contributed by atoms with Gasteiger partial charge in [0.05, 0.1) is 6.61 Å². The van der Waals surface area contributed by atoms with Gasteiger partial charge < -0.3 is 34.3 Å². The van der Waals surface area contributed by atoms with Crippen LogP contribution in [0.2, 0.25) is 0 Å². The van der Waals surface area contributed by atoms with E-state index in [2.05, 4.69) is 0 Å². The first-order chi connectivity index (χ1) is 8.39. The third-order valence-corrected chi connectivity index (χ3v) is 3.15. The zero-order valence-electron chi connectivity index (χ0n) is 9.98. The van der Waals surface area contributed by atoms with Crippen LogP contribution in [0.4, 0.5) is 0 Å². The predicted octanol–water partition coefficient (Wildman–Crippen LogP) is -1.70. The average molecular weight is 264 g/mol. The molecule has 0 aromatic heterocycles. The van der Waals surface area contributed by atoms with Crippen molar-refractivity contribution in [3.8, 4) is 0 Å². The van der Waals surface area contributed by atoms with Gasteiger partial charge in [-0.05, 0) is 0 Å². The van der Waals surface area contributed by atoms with Crippen molar-refractivity contribution in [2.24, 2.45) is 0 Å². The molecule has 0 radical (unpaired) electrons. The van der Waals surface area contributed by atoms with Crippen molar-refractivity contribution >= 4 is 5.97 Å². The summed E-state index contributed by atoms with van der Waals surface area (Å²) in [7, 11) is 1.33. The smallest absolute Gasteiger partial charge is 0.364 e. The number of methoxy groups -OCH3 is 1. The Kier molecular flexibility index (Phi) is 3.58. The molecule has 104 valence electrons. The molecule has 0 aliphatic carbocycles. The molecule has 18 heavy (non-hydrogen) atoms. The molecule has 2 aliphatic rings. The van der Waals surface area contributed by atoms with Gasteiger partial charge in [-0.1, -0.05) is 0 Å². The van der Waals surface area contributed by atoms with Crippen LogP contribution in [0, 0.1) is 0 Å². The molecule has 3 N–H and O–H groups in total. The average Bonchev–Trinajstić information content (AvgIpc) is 2.34. The van der Waals surface area contributed by atoms with E-state index in [1.807, 2.05) is 0 Å². The lowest BCUT2D eigenvalue weighted by atomic mass is 9.97. The first-order valence-corrected chi connectivity index (χ1v) is 5.48. The summed E-state index contributed by atoms with van der Waals surface area (Å²) in [6.07, 6.45) is -5.30. The van der Waals surface area contributed by atoms with Gasteiger partial charge in [0, 0.05) is 14.0 Å². The van der Waals surface area contributed by atoms with Crippen molar-refractivity contribution in [3.63, 3.8) is 0 Å². The lowest BCUT2D eigenvalue weighted by molar-refractivity contribution is -0.376. The molecule has 8 nitrogen and oxygen atoms in total. The lowest BCUT2D eigenvalue weighted by Crippen LogP contribution is -2.66. The van der Waals surface area contributed by atoms with Crippen LogP contribution in [0.5, 0.6) is 0 Å². The molecule has 2 aliphatic heterocycles. The Morgan fingerprint density at radius 2 is 2.06 bits per heavy atom. The number of fused-ring (bicyclic) bond motifs is 1. The van der Waals surface area contributed by atoms with E-state index < -0.39 is 42.5 Å². The summed E-state index contributed by atoms with van der Waals surface area (Å²) >= 11 is 0. The number of ether oxygens (including phenoxy) is 4. The summed E-state index contributed by atoms with van der Waals surface area (Å²) in [5.41, 5.74) is 0. The lowest BCUT2D eigenvalue weighted by Gasteiger charge is -2.47. The largest absolute Gasteiger partial charge is 0.477 e. The first kappa shape index (κ1) is 13.7. The van der Waals surface area contributed by atoms with E-state index in [4.69, 9.17) is 24.1 Å². The molecule has 2 heterocycles. The summed E-state index contributed by atoms with van der Waals surface area (Å²) in [4.78, 5) is 11.0. The molecular formula is C10H16O8. The van der Waals surface area contributed by atoms with Crippen molar-refractivity contribution < 1.29 is 39.1 Å². The predicted molar refractivity (Wildman–Crippen MR) is 54.5 cm³/mol. The number of aliphatic hydroxyl groups excluding tert-OH is 2. The van der Waals surface area contributed by atoms with Crippen LogP contribution in [-0.4, -0.2) is 71.5 Å². The highest BCUT2D eigenvalue weighted by Gasteiger charge is 2.54. The topological polar surface area (TPSA) is 115 Å². The van der Waals surface area contributed by atoms with Gasteiger partial charge >= 0.3 is 5.97 Å². The number of hydrogen-bond acceptors (Lipinski definition) is 7. The maximum Gasteiger partial charge on any atom is 0.364 e. The normalized spacial score (nSPS) is 48.6. The van der Waals surface area contributed by atoms with Gasteiger partial charge in [0.1, 0.15) is 24.4 Å². The number of carboxylic acid groups (broad SMARTS) is 1. The molecule has 2 fully saturated rings. The highest BCUT2D eigenvalue weighted by Crippen LogP contribution is 2.32. The Morgan fingerprint density at radius 1 is 1.39 bits per heavy atom. The maximum atomic E-state index is 11.0. The van der Waals surface area contributed by atoms with Gasteiger partial charge in [-0.25, -0.2) is 4.79 Å². The molecule has 6 atom stereocenters. The molecule has 0 spiro atoms. The zero-order chi connectivity index (χ0) is 13.5. The second-order valence-corrected chi connectivity index (χ2v) is 4.40. The standard InChI is InChI=1S/C10H16O8/c1-10(9(13)14)16-3-4-7(18-10)5(11)6(12)8(15-2)17-4/h4-8,11-12H,3H2,1-2H3,(H,13,14)/t4-,5-,6-,7-,8+,10+/m1/s1. The second-order valence-electron chi connectivity index (χ2n) is 4.40. The number of aliphatic hydroxyl groups is 2. The van der Waals surface area contributed by atoms with Crippen molar-refractivity contribution in [1.82, 2.24) is 0 Å². The molecule has 2 saturated heterocycles. The fourth-order valence-corrected chi connectivity index (χ4v) is 2.03. The van der Waals surface area contributed by atoms with E-state index in [0.29, 0.717) is 0 Å². The van der Waals surface area contributed by atoms with Gasteiger partial charge in [-0.15, -0.1) is 0 Å². The van der Waals surface area contributed by atoms with Crippen molar-refractivity contribution in [2.45, 2.75) is 43.4 Å². The molecule has 0 unspecified atom stereocenters. The minimum absolute atomic E-state index is 0.0723. The molecule has 0 amide bonds. The van der Waals surface area contributed by atoms with Gasteiger partial charge in [-0.2, -0.15) is 0 Å². The van der Waals surface area contributed by atoms with Crippen molar-refractivity contribution in [2.75, 3.05) is 13.7 Å². The van der Waals surface area contributed by atoms with Gasteiger partial charge in [0.25, 0.3) is 5.79 Å². The Hall–Kier alpha value is -0.770. The van der Waals surface area contributed by atoms with Crippen molar-refractivity contribution in [3.05, 3.63) is 0 Å². The second kappa shape index (κ2) is 4.72. The van der Waals surface area contributed by atoms with Crippen LogP contribution in [0.15, 0.2) is 0 Å². The fourth-order valence-electron chi connectivity index (χ4n) is 2.03. The molecule has 0 saturated carbocycles. The zero-order valence-corrected chi connectivity index (χ0v) is 9.98. The summed E-state index contributed by atoms with van der Waals surface area (Å²) in [5.74, 6) is -3.16. The highest BCUT2D eigenvalue weighted by molar-refractivity contribution is 5.75. The number of carbonyl (C=O) groups is 1. The monoisotopic (exact) mass is 264 g/mol. The van der Waals surface area contributed by atoms with Crippen molar-refractivity contribution in [1.29, 1.82) is 0 Å². The molecule has 0 aromatic rings. The first-order valence-electron chi connectivity index (χ1n) is 5.48. The molecular weight excluding hydrogens is 248 g/mol. The highest BCUT2D eigenvalue weighted by atomic mass is 16.8. The third-order valence-electron chi connectivity index (χ3n) is 3.15. The minimum atomic E-state index is -1.86. The maximum absolute atomic E-state index is 11.0. The third kappa shape index (κ3) is 2.11. The number of hydrogen-bond donors (Lipinski definition) is 3. The van der Waals surface area contributed by atoms with E-state index >= 15 is 0 Å². The SMILES string of the molecule is CO[C@H]1O[C@@H]2CO[C@](C)(C(=O)O)O[C@H]2[C@H](O)[C@H]1O. The van der Waals surface area contributed by atoms with Crippen LogP contribution in [0.3, 0.4) is 0 Å². The molecule has 2 rings (SSSR count). The summed E-state index contributed by atoms with van der Waals surface area (Å²) < 4.78 is 20.5. The van der Waals surface area contributed by atoms with E-state index in [1.165, 1.54) is 14.0 Å². The summed E-state index contributed by atoms with van der Waals surface area (Å²) in [6.45, 7) is 1.16. The van der Waals surface area contributed by atoms with Crippen LogP contribution < -0.4 is 0 Å². The number of aliphatic carboxylic acids is 1. The van der Waals surface area contributed by atoms with Gasteiger partial charge in [0.2, 0.25) is 0 Å². The Morgan fingerprint density at radius 3 is 2.61 bits per heavy atom. The van der Waals surface area contributed by atoms with E-state index in [-0.39, 0.29) is 6.61 Å². The van der Waals surface area contributed by atoms with E-state index in [9.17, 15) is 15.0 Å². The van der Waals surface area contributed by atoms with E-state index in [0.717, 1.165) is 0 Å². The van der Waals surface area contributed by atoms with Crippen LogP contribution >= 0.6 is 0 Å². The van der Waals surface area contributed by atoms with Crippen LogP contribution in [-0.2, 0) is 23.7 Å². The van der Waals surface area contributed by atoms with Crippen LogP contribution in [0.1, 0.15) is 6.92 Å². The Balaban J connectivity index is 2.15. The number of carboxylic acids is 1. The fraction of sp³-hybridized carbons (Fsp3) is 0.900. The molecule has 8 heteroatoms. The molecule has 0 aromatic carbocycles. The van der Waals surface area contributed by atoms with Gasteiger partial charge in [-0.3, -0.25) is 0 Å². The van der Waals surface area contributed by atoms with Gasteiger partial charge in [0.15, 0.2) is 6.29 Å². The Labute approximate surface area is 103 Å². The molecule has 0 bridgehead atoms. The van der Waals surface area contributed by atoms with Crippen LogP contribution in [0.25, 0.3) is 0 Å².